The second-order valence-corrected chi connectivity index (χ2v) is 9.53. The van der Waals surface area contributed by atoms with Crippen LogP contribution in [0.2, 0.25) is 5.02 Å². The third-order valence-corrected chi connectivity index (χ3v) is 7.50. The molecule has 6 rings (SSSR count). The molecule has 162 valence electrons. The Morgan fingerprint density at radius 2 is 1.97 bits per heavy atom. The Balaban J connectivity index is 1.68. The lowest BCUT2D eigenvalue weighted by molar-refractivity contribution is 0.321. The van der Waals surface area contributed by atoms with E-state index < -0.39 is 27.9 Å². The Kier molecular flexibility index (Phi) is 4.14. The number of nitrogens with two attached hydrogens (primary N) is 1. The molecule has 0 amide bonds. The van der Waals surface area contributed by atoms with Crippen LogP contribution in [0.15, 0.2) is 28.2 Å². The highest BCUT2D eigenvalue weighted by Gasteiger charge is 2.31. The van der Waals surface area contributed by atoms with Crippen LogP contribution in [0.4, 0.5) is 18.9 Å². The molecule has 2 aromatic carbocycles. The Labute approximate surface area is 186 Å². The molecule has 3 N–H and O–H groups in total. The Hall–Kier alpha value is -3.02. The first-order valence-electron chi connectivity index (χ1n) is 9.49. The number of hydrogen-bond donors (Lipinski definition) is 2. The van der Waals surface area contributed by atoms with Gasteiger partial charge in [-0.3, -0.25) is 4.98 Å². The maximum Gasteiger partial charge on any atom is 0.158 e. The van der Waals surface area contributed by atoms with E-state index in [1.54, 1.807) is 4.68 Å². The van der Waals surface area contributed by atoms with Crippen LogP contribution in [0.3, 0.4) is 0 Å². The molecule has 4 heterocycles. The standard InChI is InChI=1S/C20H13ClF3N7S/c1-32-19-11(23)3-10(22)14(17(19)28-20(32)25)13-9(21)2-8-16(15(13)24)27-6-12-18(8)31(30-29-12)7-4-26-5-7/h2-3,6-7,26H,1,4-5H2,(H2,25,28). The lowest BCUT2D eigenvalue weighted by atomic mass is 9.99. The highest BCUT2D eigenvalue weighted by Crippen LogP contribution is 2.51. The molecule has 2 aromatic heterocycles. The molecule has 1 saturated heterocycles. The molecule has 2 aliphatic rings. The zero-order valence-corrected chi connectivity index (χ0v) is 17.7. The summed E-state index contributed by atoms with van der Waals surface area (Å²) >= 11 is 6.49. The summed E-state index contributed by atoms with van der Waals surface area (Å²) in [5.41, 5.74) is 6.22. The van der Waals surface area contributed by atoms with Crippen LogP contribution >= 0.6 is 22.1 Å². The summed E-state index contributed by atoms with van der Waals surface area (Å²) in [6, 6.07) is 2.24. The van der Waals surface area contributed by atoms with Crippen LogP contribution < -0.4 is 11.1 Å². The fourth-order valence-corrected chi connectivity index (χ4v) is 5.44. The highest BCUT2D eigenvalue weighted by molar-refractivity contribution is 8.27. The molecule has 32 heavy (non-hydrogen) atoms. The van der Waals surface area contributed by atoms with E-state index in [2.05, 4.69) is 31.5 Å². The molecule has 4 aromatic rings. The van der Waals surface area contributed by atoms with Crippen molar-refractivity contribution in [3.05, 3.63) is 40.8 Å². The third-order valence-electron chi connectivity index (χ3n) is 5.72. The average molecular weight is 476 g/mol. The van der Waals surface area contributed by atoms with Crippen molar-refractivity contribution in [1.82, 2.24) is 25.3 Å². The van der Waals surface area contributed by atoms with Gasteiger partial charge in [-0.2, -0.15) is 0 Å². The summed E-state index contributed by atoms with van der Waals surface area (Å²) in [7, 11) is -1.12. The Bertz CT molecular complexity index is 1540. The first kappa shape index (κ1) is 19.6. The van der Waals surface area contributed by atoms with E-state index in [4.69, 9.17) is 17.3 Å². The molecule has 0 radical (unpaired) electrons. The predicted molar refractivity (Wildman–Crippen MR) is 119 cm³/mol. The fraction of sp³-hybridized carbons (Fsp3) is 0.150. The van der Waals surface area contributed by atoms with E-state index in [-0.39, 0.29) is 43.5 Å². The minimum Gasteiger partial charge on any atom is -0.378 e. The van der Waals surface area contributed by atoms with Crippen LogP contribution in [0.25, 0.3) is 33.1 Å². The van der Waals surface area contributed by atoms with Crippen molar-refractivity contribution >= 4 is 60.7 Å². The monoisotopic (exact) mass is 475 g/mol. The zero-order chi connectivity index (χ0) is 22.3. The number of hydrogen-bond acceptors (Lipinski definition) is 6. The minimum absolute atomic E-state index is 0.0256. The molecule has 2 aliphatic heterocycles. The van der Waals surface area contributed by atoms with Crippen molar-refractivity contribution in [1.29, 1.82) is 0 Å². The molecule has 0 bridgehead atoms. The largest absolute Gasteiger partial charge is 0.378 e. The van der Waals surface area contributed by atoms with Gasteiger partial charge in [-0.1, -0.05) is 33.2 Å². The van der Waals surface area contributed by atoms with Crippen LogP contribution in [0.1, 0.15) is 6.04 Å². The summed E-state index contributed by atoms with van der Waals surface area (Å²) in [5.74, 6) is 1.09. The molecule has 0 saturated carbocycles. The predicted octanol–water partition coefficient (Wildman–Crippen LogP) is 3.88. The summed E-state index contributed by atoms with van der Waals surface area (Å²) in [6.45, 7) is 1.41. The molecule has 1 fully saturated rings. The molecule has 1 atom stereocenters. The molecular formula is C20H13ClF3N7S. The number of pyridine rings is 1. The minimum atomic E-state index is -1.12. The number of amidine groups is 1. The van der Waals surface area contributed by atoms with Gasteiger partial charge in [-0.25, -0.2) is 22.8 Å². The van der Waals surface area contributed by atoms with Gasteiger partial charge >= 0.3 is 0 Å². The van der Waals surface area contributed by atoms with Crippen molar-refractivity contribution in [2.24, 2.45) is 10.7 Å². The number of aliphatic imine (C=N–C) groups is 1. The van der Waals surface area contributed by atoms with Crippen molar-refractivity contribution in [3.8, 4) is 11.1 Å². The number of halogens is 4. The second-order valence-electron chi connectivity index (χ2n) is 7.52. The average Bonchev–Trinajstić information content (AvgIpc) is 3.24. The second kappa shape index (κ2) is 6.74. The third kappa shape index (κ3) is 2.52. The topological polar surface area (TPSA) is 94.0 Å². The number of benzene rings is 2. The van der Waals surface area contributed by atoms with Crippen molar-refractivity contribution < 1.29 is 13.2 Å². The van der Waals surface area contributed by atoms with E-state index in [9.17, 15) is 8.78 Å². The molecule has 0 aliphatic carbocycles. The SMILES string of the molecule is C=S1C(N)=Nc2c(-c3c(Cl)cc4c(ncc5nnn(C6CNC6)c54)c3F)c(F)cc(F)c21. The van der Waals surface area contributed by atoms with E-state index in [1.807, 2.05) is 0 Å². The Morgan fingerprint density at radius 1 is 1.19 bits per heavy atom. The van der Waals surface area contributed by atoms with E-state index in [1.165, 1.54) is 12.3 Å². The maximum atomic E-state index is 15.9. The Morgan fingerprint density at radius 3 is 2.69 bits per heavy atom. The molecule has 0 spiro atoms. The number of rotatable bonds is 2. The summed E-state index contributed by atoms with van der Waals surface area (Å²) < 4.78 is 47.0. The van der Waals surface area contributed by atoms with Gasteiger partial charge < -0.3 is 11.1 Å². The molecule has 1 unspecified atom stereocenters. The van der Waals surface area contributed by atoms with Gasteiger partial charge in [0.05, 0.1) is 27.8 Å². The normalized spacial score (nSPS) is 18.2. The first-order chi connectivity index (χ1) is 15.4. The van der Waals surface area contributed by atoms with Crippen LogP contribution in [-0.4, -0.2) is 44.1 Å². The van der Waals surface area contributed by atoms with E-state index >= 15 is 4.39 Å². The van der Waals surface area contributed by atoms with E-state index in [0.29, 0.717) is 35.6 Å². The zero-order valence-electron chi connectivity index (χ0n) is 16.2. The number of fused-ring (bicyclic) bond motifs is 4. The lowest BCUT2D eigenvalue weighted by Gasteiger charge is -2.27. The van der Waals surface area contributed by atoms with Crippen molar-refractivity contribution in [2.75, 3.05) is 13.1 Å². The quantitative estimate of drug-likeness (QED) is 0.429. The number of nitrogens with zero attached hydrogens (tertiary/aromatic N) is 5. The van der Waals surface area contributed by atoms with Gasteiger partial charge in [-0.05, 0) is 6.07 Å². The van der Waals surface area contributed by atoms with Gasteiger partial charge in [0.2, 0.25) is 0 Å². The van der Waals surface area contributed by atoms with Gasteiger partial charge in [-0.15, -0.1) is 5.10 Å². The van der Waals surface area contributed by atoms with Crippen LogP contribution in [0, 0.1) is 17.5 Å². The lowest BCUT2D eigenvalue weighted by Crippen LogP contribution is -2.43. The van der Waals surface area contributed by atoms with Crippen LogP contribution in [-0.2, 0) is 0 Å². The van der Waals surface area contributed by atoms with Gasteiger partial charge in [0, 0.05) is 35.7 Å². The molecule has 7 nitrogen and oxygen atoms in total. The van der Waals surface area contributed by atoms with E-state index in [0.717, 1.165) is 0 Å². The highest BCUT2D eigenvalue weighted by atomic mass is 35.5. The molecule has 12 heteroatoms. The first-order valence-corrected chi connectivity index (χ1v) is 11.3. The fourth-order valence-electron chi connectivity index (χ4n) is 4.06. The summed E-state index contributed by atoms with van der Waals surface area (Å²) in [6.07, 6.45) is 1.41. The van der Waals surface area contributed by atoms with Crippen molar-refractivity contribution in [3.63, 3.8) is 0 Å². The van der Waals surface area contributed by atoms with Gasteiger partial charge in [0.15, 0.2) is 11.0 Å². The van der Waals surface area contributed by atoms with Gasteiger partial charge in [0.1, 0.15) is 28.2 Å². The molecular weight excluding hydrogens is 463 g/mol. The number of nitrogens with one attached hydrogen (secondary N) is 1. The summed E-state index contributed by atoms with van der Waals surface area (Å²) in [4.78, 5) is 8.29. The smallest absolute Gasteiger partial charge is 0.158 e. The van der Waals surface area contributed by atoms with Crippen LogP contribution in [0.5, 0.6) is 0 Å². The van der Waals surface area contributed by atoms with Crippen molar-refractivity contribution in [2.45, 2.75) is 10.9 Å². The summed E-state index contributed by atoms with van der Waals surface area (Å²) in [5, 5.41) is 11.8. The maximum absolute atomic E-state index is 15.9. The number of aromatic nitrogens is 4. The van der Waals surface area contributed by atoms with Gasteiger partial charge in [0.25, 0.3) is 0 Å².